The summed E-state index contributed by atoms with van der Waals surface area (Å²) in [5.41, 5.74) is 5.40. The van der Waals surface area contributed by atoms with E-state index in [9.17, 15) is 0 Å². The molecule has 0 saturated carbocycles. The van der Waals surface area contributed by atoms with Gasteiger partial charge in [-0.05, 0) is 56.6 Å². The van der Waals surface area contributed by atoms with E-state index >= 15 is 0 Å². The van der Waals surface area contributed by atoms with Gasteiger partial charge in [-0.1, -0.05) is 109 Å². The summed E-state index contributed by atoms with van der Waals surface area (Å²) >= 11 is 6.00. The Hall–Kier alpha value is -4.55. The standard InChI is InChI=1S/C40H26N4.2BrH.Ni/c1-3-13-31-23-41-33(21-29(31)11-1)25-43-37-19-17-27-9-5-7-15-35(27)39(37)40-36-16-8-6-10-28(36)18-20-38(40)44-26-34-22-30-12-2-4-14-32(30)24-42-34;;;/h1-26H;2*1H;/q;;;+2/p-2. The van der Waals surface area contributed by atoms with Crippen LogP contribution in [0.25, 0.3) is 54.2 Å². The van der Waals surface area contributed by atoms with Gasteiger partial charge in [0.1, 0.15) is 0 Å². The number of benzene rings is 6. The summed E-state index contributed by atoms with van der Waals surface area (Å²) in [4.78, 5) is 19.4. The topological polar surface area (TPSA) is 50.5 Å². The Morgan fingerprint density at radius 3 is 1.23 bits per heavy atom. The predicted molar refractivity (Wildman–Crippen MR) is 203 cm³/mol. The molecule has 0 N–H and O–H groups in total. The van der Waals surface area contributed by atoms with Gasteiger partial charge in [-0.25, -0.2) is 0 Å². The molecule has 0 aliphatic carbocycles. The van der Waals surface area contributed by atoms with Gasteiger partial charge in [0.25, 0.3) is 0 Å². The van der Waals surface area contributed by atoms with Gasteiger partial charge in [0.05, 0.1) is 35.2 Å². The molecule has 0 saturated heterocycles. The van der Waals surface area contributed by atoms with Crippen LogP contribution >= 0.6 is 28.5 Å². The van der Waals surface area contributed by atoms with E-state index in [1.807, 2.05) is 49.1 Å². The molecule has 230 valence electrons. The van der Waals surface area contributed by atoms with Crippen molar-refractivity contribution in [1.29, 1.82) is 0 Å². The van der Waals surface area contributed by atoms with Gasteiger partial charge in [0, 0.05) is 34.3 Å². The molecule has 0 aliphatic heterocycles. The second kappa shape index (κ2) is 14.5. The molecule has 0 amide bonds. The summed E-state index contributed by atoms with van der Waals surface area (Å²) in [6.07, 6.45) is 7.51. The number of pyridine rings is 2. The van der Waals surface area contributed by atoms with Gasteiger partial charge in [0.2, 0.25) is 0 Å². The van der Waals surface area contributed by atoms with E-state index in [2.05, 4.69) is 148 Å². The number of hydrogen-bond donors (Lipinski definition) is 0. The second-order valence-electron chi connectivity index (χ2n) is 10.8. The Morgan fingerprint density at radius 2 is 0.809 bits per heavy atom. The summed E-state index contributed by atoms with van der Waals surface area (Å²) in [7, 11) is 1.25. The number of aliphatic imine (C=N–C) groups is 2. The molecule has 6 aromatic carbocycles. The van der Waals surface area contributed by atoms with Crippen LogP contribution in [0, 0.1) is 0 Å². The van der Waals surface area contributed by atoms with Gasteiger partial charge in [-0.15, -0.1) is 0 Å². The van der Waals surface area contributed by atoms with E-state index < -0.39 is 0 Å². The predicted octanol–water partition coefficient (Wildman–Crippen LogP) is 11.9. The van der Waals surface area contributed by atoms with Gasteiger partial charge in [-0.3, -0.25) is 20.0 Å². The molecule has 7 heteroatoms. The average molecular weight is 781 g/mol. The van der Waals surface area contributed by atoms with E-state index in [1.165, 1.54) is 10.9 Å². The SMILES string of the molecule is C(=Nc1ccc2ccccc2c1-c1c(N=Cc2cc3ccccc3cn2)ccc2ccccc12)c1cc2ccccc2cn1.[Br][Ni][Br]. The molecule has 0 radical (unpaired) electrons. The second-order valence-corrected chi connectivity index (χ2v) is 15.8. The van der Waals surface area contributed by atoms with Crippen molar-refractivity contribution < 1.29 is 10.9 Å². The zero-order valence-electron chi connectivity index (χ0n) is 24.9. The molecule has 0 fully saturated rings. The Balaban J connectivity index is 0.00000113. The van der Waals surface area contributed by atoms with Crippen LogP contribution in [-0.2, 0) is 10.9 Å². The fraction of sp³-hybridized carbons (Fsp3) is 0. The normalized spacial score (nSPS) is 11.6. The summed E-state index contributed by atoms with van der Waals surface area (Å²) in [5, 5.41) is 9.00. The van der Waals surface area contributed by atoms with Crippen molar-refractivity contribution in [3.05, 3.63) is 157 Å². The third kappa shape index (κ3) is 6.79. The molecule has 0 spiro atoms. The van der Waals surface area contributed by atoms with Crippen LogP contribution in [0.5, 0.6) is 0 Å². The van der Waals surface area contributed by atoms with Crippen molar-refractivity contribution in [3.8, 4) is 11.1 Å². The van der Waals surface area contributed by atoms with Gasteiger partial charge in [-0.2, -0.15) is 0 Å². The summed E-state index contributed by atoms with van der Waals surface area (Å²) < 4.78 is 0. The first kappa shape index (κ1) is 31.1. The summed E-state index contributed by atoms with van der Waals surface area (Å²) in [6, 6.07) is 46.0. The third-order valence-electron chi connectivity index (χ3n) is 8.04. The maximum absolute atomic E-state index is 5.06. The molecule has 0 unspecified atom stereocenters. The summed E-state index contributed by atoms with van der Waals surface area (Å²) in [5.74, 6) is 0. The van der Waals surface area contributed by atoms with Crippen molar-refractivity contribution in [2.24, 2.45) is 9.98 Å². The molecule has 8 aromatic rings. The van der Waals surface area contributed by atoms with E-state index in [-0.39, 0.29) is 0 Å². The molecule has 0 aliphatic rings. The number of rotatable bonds is 5. The number of fused-ring (bicyclic) bond motifs is 4. The van der Waals surface area contributed by atoms with Crippen molar-refractivity contribution in [3.63, 3.8) is 0 Å². The molecule has 47 heavy (non-hydrogen) atoms. The van der Waals surface area contributed by atoms with Crippen LogP contribution in [0.4, 0.5) is 11.4 Å². The van der Waals surface area contributed by atoms with Gasteiger partial charge < -0.3 is 0 Å². The molecule has 0 bridgehead atoms. The van der Waals surface area contributed by atoms with Crippen LogP contribution in [0.1, 0.15) is 11.4 Å². The van der Waals surface area contributed by atoms with E-state index in [0.29, 0.717) is 0 Å². The maximum atomic E-state index is 5.06. The monoisotopic (exact) mass is 778 g/mol. The van der Waals surface area contributed by atoms with Crippen LogP contribution in [0.3, 0.4) is 0 Å². The first-order valence-corrected chi connectivity index (χ1v) is 19.7. The van der Waals surface area contributed by atoms with Crippen LogP contribution in [0.15, 0.2) is 156 Å². The molecule has 4 nitrogen and oxygen atoms in total. The molecule has 2 heterocycles. The Bertz CT molecular complexity index is 2270. The van der Waals surface area contributed by atoms with E-state index in [1.54, 1.807) is 0 Å². The average Bonchev–Trinajstić information content (AvgIpc) is 3.13. The molecular weight excluding hydrogens is 755 g/mol. The van der Waals surface area contributed by atoms with Gasteiger partial charge >= 0.3 is 39.3 Å². The first-order valence-electron chi connectivity index (χ1n) is 14.9. The first-order chi connectivity index (χ1) is 23.2. The Labute approximate surface area is 292 Å². The van der Waals surface area contributed by atoms with E-state index in [0.717, 1.165) is 77.0 Å². The van der Waals surface area contributed by atoms with Crippen LogP contribution in [-0.4, -0.2) is 22.4 Å². The van der Waals surface area contributed by atoms with Gasteiger partial charge in [0.15, 0.2) is 0 Å². The number of aromatic nitrogens is 2. The van der Waals surface area contributed by atoms with Crippen molar-refractivity contribution in [2.75, 3.05) is 0 Å². The number of hydrogen-bond acceptors (Lipinski definition) is 4. The van der Waals surface area contributed by atoms with Crippen molar-refractivity contribution in [2.45, 2.75) is 0 Å². The minimum absolute atomic E-state index is 0.807. The van der Waals surface area contributed by atoms with Crippen molar-refractivity contribution in [1.82, 2.24) is 9.97 Å². The summed E-state index contributed by atoms with van der Waals surface area (Å²) in [6.45, 7) is 0. The van der Waals surface area contributed by atoms with Crippen molar-refractivity contribution >= 4 is 95.3 Å². The third-order valence-corrected chi connectivity index (χ3v) is 8.04. The Kier molecular flexibility index (Phi) is 9.57. The fourth-order valence-corrected chi connectivity index (χ4v) is 5.87. The number of nitrogens with zero attached hydrogens (tertiary/aromatic N) is 4. The van der Waals surface area contributed by atoms with E-state index in [4.69, 9.17) is 9.98 Å². The molecule has 8 rings (SSSR count). The van der Waals surface area contributed by atoms with Crippen LogP contribution < -0.4 is 0 Å². The Morgan fingerprint density at radius 1 is 0.447 bits per heavy atom. The fourth-order valence-electron chi connectivity index (χ4n) is 5.87. The van der Waals surface area contributed by atoms with Crippen LogP contribution in [0.2, 0.25) is 0 Å². The zero-order chi connectivity index (χ0) is 32.0. The number of halogens is 2. The quantitative estimate of drug-likeness (QED) is 0.129. The minimum atomic E-state index is 0.807. The molecule has 2 aromatic heterocycles. The molecule has 0 atom stereocenters. The molecular formula is C40H26Br2N4Ni. The zero-order valence-corrected chi connectivity index (χ0v) is 29.0.